The van der Waals surface area contributed by atoms with Crippen molar-refractivity contribution < 1.29 is 18.3 Å². The van der Waals surface area contributed by atoms with Gasteiger partial charge in [0, 0.05) is 14.1 Å². The zero-order valence-electron chi connectivity index (χ0n) is 12.2. The molecule has 0 aromatic heterocycles. The lowest BCUT2D eigenvalue weighted by molar-refractivity contribution is -0.139. The molecule has 0 aliphatic heterocycles. The van der Waals surface area contributed by atoms with Crippen LogP contribution in [0.4, 0.5) is 0 Å². The van der Waals surface area contributed by atoms with Gasteiger partial charge in [-0.25, -0.2) is 12.7 Å². The molecule has 112 valence electrons. The van der Waals surface area contributed by atoms with Gasteiger partial charge in [0.25, 0.3) is 0 Å². The van der Waals surface area contributed by atoms with Gasteiger partial charge in [0.1, 0.15) is 0 Å². The highest BCUT2D eigenvalue weighted by atomic mass is 32.2. The number of rotatable bonds is 6. The summed E-state index contributed by atoms with van der Waals surface area (Å²) in [5.74, 6) is -1.24. The monoisotopic (exact) mass is 299 g/mol. The molecule has 0 amide bonds. The van der Waals surface area contributed by atoms with Crippen molar-refractivity contribution in [1.82, 2.24) is 4.31 Å². The van der Waals surface area contributed by atoms with Crippen LogP contribution in [0, 0.1) is 5.92 Å². The third-order valence-corrected chi connectivity index (χ3v) is 4.90. The summed E-state index contributed by atoms with van der Waals surface area (Å²) in [4.78, 5) is 11.5. The lowest BCUT2D eigenvalue weighted by atomic mass is 9.90. The van der Waals surface area contributed by atoms with Crippen LogP contribution in [0.2, 0.25) is 0 Å². The minimum Gasteiger partial charge on any atom is -0.481 e. The third-order valence-electron chi connectivity index (χ3n) is 3.07. The lowest BCUT2D eigenvalue weighted by Gasteiger charge is -2.16. The Morgan fingerprint density at radius 3 is 2.05 bits per heavy atom. The Labute approximate surface area is 120 Å². The highest BCUT2D eigenvalue weighted by Gasteiger charge is 2.22. The van der Waals surface area contributed by atoms with Gasteiger partial charge in [0.2, 0.25) is 10.0 Å². The Morgan fingerprint density at radius 1 is 1.20 bits per heavy atom. The summed E-state index contributed by atoms with van der Waals surface area (Å²) in [6.07, 6.45) is 0.523. The number of hydrogen-bond acceptors (Lipinski definition) is 3. The molecule has 5 nitrogen and oxygen atoms in total. The van der Waals surface area contributed by atoms with E-state index in [1.54, 1.807) is 12.1 Å². The van der Waals surface area contributed by atoms with Crippen LogP contribution >= 0.6 is 0 Å². The Hall–Kier alpha value is -1.40. The predicted molar refractivity (Wildman–Crippen MR) is 77.1 cm³/mol. The molecule has 0 heterocycles. The van der Waals surface area contributed by atoms with E-state index in [1.807, 2.05) is 13.8 Å². The lowest BCUT2D eigenvalue weighted by Crippen LogP contribution is -2.22. The van der Waals surface area contributed by atoms with Crippen LogP contribution in [-0.2, 0) is 14.8 Å². The van der Waals surface area contributed by atoms with Crippen molar-refractivity contribution in [1.29, 1.82) is 0 Å². The Bertz CT molecular complexity index is 561. The van der Waals surface area contributed by atoms with Crippen molar-refractivity contribution >= 4 is 16.0 Å². The van der Waals surface area contributed by atoms with Crippen molar-refractivity contribution in [3.63, 3.8) is 0 Å². The van der Waals surface area contributed by atoms with E-state index in [1.165, 1.54) is 26.2 Å². The molecule has 6 heteroatoms. The molecule has 1 aromatic rings. The number of nitrogens with zero attached hydrogens (tertiary/aromatic N) is 1. The summed E-state index contributed by atoms with van der Waals surface area (Å²) in [7, 11) is -0.556. The number of carboxylic acids is 1. The maximum Gasteiger partial charge on any atom is 0.310 e. The fourth-order valence-electron chi connectivity index (χ4n) is 1.93. The summed E-state index contributed by atoms with van der Waals surface area (Å²) in [5, 5.41) is 9.27. The summed E-state index contributed by atoms with van der Waals surface area (Å²) in [5.41, 5.74) is 0.629. The number of aliphatic carboxylic acids is 1. The molecular formula is C14H21NO4S. The zero-order chi connectivity index (χ0) is 15.5. The number of sulfonamides is 1. The van der Waals surface area contributed by atoms with Gasteiger partial charge in [-0.15, -0.1) is 0 Å². The molecule has 1 aromatic carbocycles. The van der Waals surface area contributed by atoms with E-state index >= 15 is 0 Å². The highest BCUT2D eigenvalue weighted by molar-refractivity contribution is 7.89. The second-order valence-corrected chi connectivity index (χ2v) is 7.53. The topological polar surface area (TPSA) is 74.7 Å². The fourth-order valence-corrected chi connectivity index (χ4v) is 2.84. The molecule has 0 fully saturated rings. The van der Waals surface area contributed by atoms with Gasteiger partial charge in [0.05, 0.1) is 10.8 Å². The SMILES string of the molecule is CC(C)CC(C(=O)O)c1ccc(S(=O)(=O)N(C)C)cc1. The molecule has 1 atom stereocenters. The third kappa shape index (κ3) is 3.80. The molecular weight excluding hydrogens is 278 g/mol. The molecule has 1 N–H and O–H groups in total. The van der Waals surface area contributed by atoms with Crippen LogP contribution < -0.4 is 0 Å². The second kappa shape index (κ2) is 6.37. The molecule has 1 unspecified atom stereocenters. The molecule has 0 radical (unpaired) electrons. The van der Waals surface area contributed by atoms with Gasteiger partial charge in [-0.2, -0.15) is 0 Å². The average Bonchev–Trinajstić information content (AvgIpc) is 2.35. The van der Waals surface area contributed by atoms with Crippen molar-refractivity contribution in [2.45, 2.75) is 31.1 Å². The predicted octanol–water partition coefficient (Wildman–Crippen LogP) is 2.15. The minimum atomic E-state index is -3.48. The smallest absolute Gasteiger partial charge is 0.310 e. The normalized spacial score (nSPS) is 13.7. The first kappa shape index (κ1) is 16.7. The Kier molecular flexibility index (Phi) is 5.30. The summed E-state index contributed by atoms with van der Waals surface area (Å²) in [6.45, 7) is 3.92. The molecule has 0 aliphatic rings. The number of carbonyl (C=O) groups is 1. The van der Waals surface area contributed by atoms with Gasteiger partial charge >= 0.3 is 5.97 Å². The first-order valence-corrected chi connectivity index (χ1v) is 7.85. The van der Waals surface area contributed by atoms with Gasteiger partial charge in [-0.1, -0.05) is 26.0 Å². The highest BCUT2D eigenvalue weighted by Crippen LogP contribution is 2.25. The molecule has 1 rings (SSSR count). The number of carboxylic acid groups (broad SMARTS) is 1. The van der Waals surface area contributed by atoms with E-state index in [0.717, 1.165) is 4.31 Å². The van der Waals surface area contributed by atoms with E-state index in [4.69, 9.17) is 0 Å². The maximum atomic E-state index is 11.9. The molecule has 0 saturated carbocycles. The van der Waals surface area contributed by atoms with Crippen LogP contribution in [0.3, 0.4) is 0 Å². The van der Waals surface area contributed by atoms with Crippen molar-refractivity contribution in [2.24, 2.45) is 5.92 Å². The first-order valence-electron chi connectivity index (χ1n) is 6.41. The maximum absolute atomic E-state index is 11.9. The number of benzene rings is 1. The molecule has 0 spiro atoms. The molecule has 0 saturated heterocycles. The van der Waals surface area contributed by atoms with Crippen molar-refractivity contribution in [3.8, 4) is 0 Å². The van der Waals surface area contributed by atoms with Gasteiger partial charge in [-0.05, 0) is 30.0 Å². The van der Waals surface area contributed by atoms with Crippen LogP contribution in [0.15, 0.2) is 29.2 Å². The van der Waals surface area contributed by atoms with Gasteiger partial charge < -0.3 is 5.11 Å². The first-order chi connectivity index (χ1) is 9.16. The molecule has 0 bridgehead atoms. The summed E-state index contributed by atoms with van der Waals surface area (Å²) >= 11 is 0. The van der Waals surface area contributed by atoms with E-state index in [0.29, 0.717) is 12.0 Å². The van der Waals surface area contributed by atoms with Crippen LogP contribution in [0.5, 0.6) is 0 Å². The van der Waals surface area contributed by atoms with E-state index in [9.17, 15) is 18.3 Å². The van der Waals surface area contributed by atoms with Crippen LogP contribution in [-0.4, -0.2) is 37.9 Å². The Balaban J connectivity index is 3.09. The van der Waals surface area contributed by atoms with Crippen LogP contribution in [0.1, 0.15) is 31.7 Å². The number of hydrogen-bond donors (Lipinski definition) is 1. The molecule has 20 heavy (non-hydrogen) atoms. The van der Waals surface area contributed by atoms with Gasteiger partial charge in [0.15, 0.2) is 0 Å². The summed E-state index contributed by atoms with van der Waals surface area (Å²) < 4.78 is 25.0. The minimum absolute atomic E-state index is 0.167. The quantitative estimate of drug-likeness (QED) is 0.873. The van der Waals surface area contributed by atoms with Crippen molar-refractivity contribution in [3.05, 3.63) is 29.8 Å². The fraction of sp³-hybridized carbons (Fsp3) is 0.500. The van der Waals surface area contributed by atoms with E-state index in [2.05, 4.69) is 0 Å². The van der Waals surface area contributed by atoms with Crippen molar-refractivity contribution in [2.75, 3.05) is 14.1 Å². The average molecular weight is 299 g/mol. The standard InChI is InChI=1S/C14H21NO4S/c1-10(2)9-13(14(16)17)11-5-7-12(8-6-11)20(18,19)15(3)4/h5-8,10,13H,9H2,1-4H3,(H,16,17). The van der Waals surface area contributed by atoms with Gasteiger partial charge in [-0.3, -0.25) is 4.79 Å². The van der Waals surface area contributed by atoms with E-state index in [-0.39, 0.29) is 10.8 Å². The zero-order valence-corrected chi connectivity index (χ0v) is 13.0. The van der Waals surface area contributed by atoms with Crippen LogP contribution in [0.25, 0.3) is 0 Å². The molecule has 0 aliphatic carbocycles. The Morgan fingerprint density at radius 2 is 1.70 bits per heavy atom. The summed E-state index contributed by atoms with van der Waals surface area (Å²) in [6, 6.07) is 6.08. The largest absolute Gasteiger partial charge is 0.481 e. The second-order valence-electron chi connectivity index (χ2n) is 5.38. The van der Waals surface area contributed by atoms with E-state index < -0.39 is 21.9 Å².